The predicted octanol–water partition coefficient (Wildman–Crippen LogP) is 1.53. The van der Waals surface area contributed by atoms with Crippen molar-refractivity contribution in [3.05, 3.63) is 0 Å². The van der Waals surface area contributed by atoms with E-state index >= 15 is 0 Å². The van der Waals surface area contributed by atoms with Crippen LogP contribution < -0.4 is 16.8 Å². The van der Waals surface area contributed by atoms with Crippen molar-refractivity contribution in [2.75, 3.05) is 13.1 Å². The highest BCUT2D eigenvalue weighted by Crippen LogP contribution is 2.09. The quantitative estimate of drug-likeness (QED) is 0.509. The van der Waals surface area contributed by atoms with Gasteiger partial charge in [0, 0.05) is 18.5 Å². The Morgan fingerprint density at radius 1 is 1.12 bits per heavy atom. The molecule has 0 aromatic heterocycles. The first kappa shape index (κ1) is 16.4. The number of carbonyl (C=O) groups excluding carboxylic acids is 1. The van der Waals surface area contributed by atoms with E-state index in [2.05, 4.69) is 19.2 Å². The molecule has 1 amide bonds. The summed E-state index contributed by atoms with van der Waals surface area (Å²) in [6.07, 6.45) is 6.59. The molecule has 0 fully saturated rings. The molecular weight excluding hydrogens is 214 g/mol. The molecule has 17 heavy (non-hydrogen) atoms. The third-order valence-corrected chi connectivity index (χ3v) is 3.40. The molecule has 0 heterocycles. The summed E-state index contributed by atoms with van der Waals surface area (Å²) in [5, 5.41) is 2.93. The number of nitrogens with two attached hydrogens (primary N) is 2. The van der Waals surface area contributed by atoms with Crippen LogP contribution in [-0.4, -0.2) is 24.5 Å². The van der Waals surface area contributed by atoms with Gasteiger partial charge in [0.25, 0.3) is 0 Å². The lowest BCUT2D eigenvalue weighted by Gasteiger charge is -2.26. The highest BCUT2D eigenvalue weighted by Gasteiger charge is 2.20. The molecule has 0 spiro atoms. The van der Waals surface area contributed by atoms with Crippen molar-refractivity contribution in [3.8, 4) is 0 Å². The number of rotatable bonds is 10. The topological polar surface area (TPSA) is 81.1 Å². The van der Waals surface area contributed by atoms with Gasteiger partial charge in [0.05, 0.1) is 0 Å². The van der Waals surface area contributed by atoms with E-state index in [0.29, 0.717) is 13.0 Å². The van der Waals surface area contributed by atoms with Crippen LogP contribution in [-0.2, 0) is 4.79 Å². The third kappa shape index (κ3) is 8.16. The first-order valence-electron chi connectivity index (χ1n) is 6.83. The number of amides is 1. The van der Waals surface area contributed by atoms with E-state index in [4.69, 9.17) is 11.5 Å². The molecule has 0 unspecified atom stereocenters. The van der Waals surface area contributed by atoms with Gasteiger partial charge in [-0.3, -0.25) is 4.79 Å². The first-order chi connectivity index (χ1) is 8.08. The summed E-state index contributed by atoms with van der Waals surface area (Å²) in [6, 6.07) is 0. The Kier molecular flexibility index (Phi) is 9.09. The first-order valence-corrected chi connectivity index (χ1v) is 6.83. The molecule has 102 valence electrons. The Morgan fingerprint density at radius 3 is 2.24 bits per heavy atom. The molecule has 4 heteroatoms. The van der Waals surface area contributed by atoms with Crippen molar-refractivity contribution in [3.63, 3.8) is 0 Å². The fourth-order valence-corrected chi connectivity index (χ4v) is 1.65. The molecule has 0 saturated heterocycles. The van der Waals surface area contributed by atoms with E-state index in [1.165, 1.54) is 0 Å². The molecule has 0 aromatic rings. The summed E-state index contributed by atoms with van der Waals surface area (Å²) in [5.41, 5.74) is 11.3. The minimum Gasteiger partial charge on any atom is -0.354 e. The zero-order chi connectivity index (χ0) is 13.1. The maximum absolute atomic E-state index is 11.6. The minimum absolute atomic E-state index is 0.120. The van der Waals surface area contributed by atoms with Crippen LogP contribution in [0.3, 0.4) is 0 Å². The Morgan fingerprint density at radius 2 is 1.71 bits per heavy atom. The Bertz CT molecular complexity index is 203. The Balaban J connectivity index is 3.59. The lowest BCUT2D eigenvalue weighted by molar-refractivity contribution is -0.121. The van der Waals surface area contributed by atoms with Crippen LogP contribution in [0, 0.1) is 0 Å². The van der Waals surface area contributed by atoms with Crippen molar-refractivity contribution in [2.45, 2.75) is 64.3 Å². The number of hydrogen-bond acceptors (Lipinski definition) is 3. The van der Waals surface area contributed by atoms with Gasteiger partial charge in [-0.05, 0) is 32.2 Å². The molecule has 4 nitrogen and oxygen atoms in total. The summed E-state index contributed by atoms with van der Waals surface area (Å²) >= 11 is 0. The van der Waals surface area contributed by atoms with Gasteiger partial charge in [0.1, 0.15) is 0 Å². The molecular formula is C13H29N3O. The number of unbranched alkanes of at least 4 members (excludes halogenated alkanes) is 3. The predicted molar refractivity (Wildman–Crippen MR) is 72.6 cm³/mol. The molecule has 0 radical (unpaired) electrons. The standard InChI is InChI=1S/C13H29N3O/c1-3-13(15,4-2)11-16-12(17)9-7-5-6-8-10-14/h3-11,14-15H2,1-2H3,(H,16,17). The van der Waals surface area contributed by atoms with Crippen molar-refractivity contribution in [1.29, 1.82) is 0 Å². The fraction of sp³-hybridized carbons (Fsp3) is 0.923. The highest BCUT2D eigenvalue weighted by atomic mass is 16.1. The van der Waals surface area contributed by atoms with Crippen LogP contribution in [0.5, 0.6) is 0 Å². The third-order valence-electron chi connectivity index (χ3n) is 3.40. The molecule has 0 rings (SSSR count). The summed E-state index contributed by atoms with van der Waals surface area (Å²) in [5.74, 6) is 0.120. The molecule has 0 saturated carbocycles. The van der Waals surface area contributed by atoms with Gasteiger partial charge in [0.15, 0.2) is 0 Å². The normalized spacial score (nSPS) is 11.5. The van der Waals surface area contributed by atoms with Gasteiger partial charge in [-0.1, -0.05) is 26.7 Å². The second-order valence-electron chi connectivity index (χ2n) is 4.80. The van der Waals surface area contributed by atoms with Gasteiger partial charge in [-0.2, -0.15) is 0 Å². The van der Waals surface area contributed by atoms with Crippen LogP contribution in [0.4, 0.5) is 0 Å². The van der Waals surface area contributed by atoms with E-state index < -0.39 is 0 Å². The van der Waals surface area contributed by atoms with Crippen molar-refractivity contribution in [2.24, 2.45) is 11.5 Å². The zero-order valence-corrected chi connectivity index (χ0v) is 11.4. The van der Waals surface area contributed by atoms with E-state index in [9.17, 15) is 4.79 Å². The van der Waals surface area contributed by atoms with Gasteiger partial charge in [-0.15, -0.1) is 0 Å². The van der Waals surface area contributed by atoms with Crippen molar-refractivity contribution in [1.82, 2.24) is 5.32 Å². The minimum atomic E-state index is -0.241. The Hall–Kier alpha value is -0.610. The Labute approximate surface area is 106 Å². The molecule has 0 aliphatic rings. The largest absolute Gasteiger partial charge is 0.354 e. The van der Waals surface area contributed by atoms with Crippen molar-refractivity contribution < 1.29 is 4.79 Å². The summed E-state index contributed by atoms with van der Waals surface area (Å²) in [4.78, 5) is 11.6. The van der Waals surface area contributed by atoms with Crippen molar-refractivity contribution >= 4 is 5.91 Å². The summed E-state index contributed by atoms with van der Waals surface area (Å²) < 4.78 is 0. The average Bonchev–Trinajstić information content (AvgIpc) is 2.35. The van der Waals surface area contributed by atoms with E-state index in [1.807, 2.05) is 0 Å². The monoisotopic (exact) mass is 243 g/mol. The van der Waals surface area contributed by atoms with Gasteiger partial charge in [-0.25, -0.2) is 0 Å². The smallest absolute Gasteiger partial charge is 0.220 e. The zero-order valence-electron chi connectivity index (χ0n) is 11.4. The molecule has 0 aliphatic carbocycles. The average molecular weight is 243 g/mol. The maximum atomic E-state index is 11.6. The van der Waals surface area contributed by atoms with Crippen LogP contribution in [0.2, 0.25) is 0 Å². The van der Waals surface area contributed by atoms with Crippen LogP contribution in [0.15, 0.2) is 0 Å². The van der Waals surface area contributed by atoms with Crippen LogP contribution in [0.25, 0.3) is 0 Å². The highest BCUT2D eigenvalue weighted by molar-refractivity contribution is 5.75. The maximum Gasteiger partial charge on any atom is 0.220 e. The van der Waals surface area contributed by atoms with Gasteiger partial charge >= 0.3 is 0 Å². The molecule has 0 atom stereocenters. The van der Waals surface area contributed by atoms with E-state index in [-0.39, 0.29) is 11.4 Å². The summed E-state index contributed by atoms with van der Waals surface area (Å²) in [6.45, 7) is 5.45. The lowest BCUT2D eigenvalue weighted by atomic mass is 9.94. The molecule has 0 aliphatic heterocycles. The van der Waals surface area contributed by atoms with Crippen LogP contribution >= 0.6 is 0 Å². The molecule has 5 N–H and O–H groups in total. The number of nitrogens with one attached hydrogen (secondary N) is 1. The molecule has 0 aromatic carbocycles. The number of carbonyl (C=O) groups is 1. The second-order valence-corrected chi connectivity index (χ2v) is 4.80. The fourth-order valence-electron chi connectivity index (χ4n) is 1.65. The van der Waals surface area contributed by atoms with Gasteiger partial charge < -0.3 is 16.8 Å². The van der Waals surface area contributed by atoms with Gasteiger partial charge in [0.2, 0.25) is 5.91 Å². The van der Waals surface area contributed by atoms with Crippen LogP contribution in [0.1, 0.15) is 58.8 Å². The SMILES string of the molecule is CCC(N)(CC)CNC(=O)CCCCCCN. The number of hydrogen-bond donors (Lipinski definition) is 3. The summed E-state index contributed by atoms with van der Waals surface area (Å²) in [7, 11) is 0. The second kappa shape index (κ2) is 9.42. The molecule has 0 bridgehead atoms. The van der Waals surface area contributed by atoms with E-state index in [0.717, 1.165) is 45.1 Å². The lowest BCUT2D eigenvalue weighted by Crippen LogP contribution is -2.49. The van der Waals surface area contributed by atoms with E-state index in [1.54, 1.807) is 0 Å².